The van der Waals surface area contributed by atoms with Crippen molar-refractivity contribution in [3.63, 3.8) is 0 Å². The zero-order valence-electron chi connectivity index (χ0n) is 16.6. The maximum absolute atomic E-state index is 13.7. The zero-order valence-corrected chi connectivity index (χ0v) is 17.4. The predicted molar refractivity (Wildman–Crippen MR) is 111 cm³/mol. The molecule has 164 valence electrons. The van der Waals surface area contributed by atoms with E-state index >= 15 is 0 Å². The Morgan fingerprint density at radius 1 is 0.969 bits per heavy atom. The Kier molecular flexibility index (Phi) is 5.31. The quantitative estimate of drug-likeness (QED) is 0.497. The van der Waals surface area contributed by atoms with E-state index in [0.717, 1.165) is 0 Å². The number of sulfonamides is 1. The minimum atomic E-state index is -4.81. The van der Waals surface area contributed by atoms with E-state index in [-0.39, 0.29) is 27.5 Å². The first kappa shape index (κ1) is 21.7. The van der Waals surface area contributed by atoms with Crippen LogP contribution in [0.1, 0.15) is 11.6 Å². The summed E-state index contributed by atoms with van der Waals surface area (Å²) in [7, 11) is -4.06. The molecule has 0 aliphatic heterocycles. The van der Waals surface area contributed by atoms with Crippen LogP contribution in [0.4, 0.5) is 13.2 Å². The van der Waals surface area contributed by atoms with Crippen molar-refractivity contribution in [2.75, 3.05) is 0 Å². The Labute approximate surface area is 181 Å². The smallest absolute Gasteiger partial charge is 0.287 e. The van der Waals surface area contributed by atoms with E-state index < -0.39 is 22.0 Å². The molecule has 2 aromatic heterocycles. The monoisotopic (exact) mass is 459 g/mol. The standard InChI is InChI=1S/C21H16F3N5O2S/c1-13-26-10-11-29(13)19-17(15-8-5-9-16(12-15)32(25,30)31)18(14-6-3-2-4-7-14)27-20(28-19)21(22,23)24/h2-12H,1H3,(H2,25,30,31). The van der Waals surface area contributed by atoms with Crippen molar-refractivity contribution < 1.29 is 21.6 Å². The van der Waals surface area contributed by atoms with Crippen LogP contribution in [0.25, 0.3) is 28.2 Å². The molecular weight excluding hydrogens is 443 g/mol. The maximum atomic E-state index is 13.7. The number of nitrogens with two attached hydrogens (primary N) is 1. The van der Waals surface area contributed by atoms with Gasteiger partial charge in [-0.15, -0.1) is 0 Å². The average molecular weight is 459 g/mol. The Hall–Kier alpha value is -3.57. The number of imidazole rings is 1. The topological polar surface area (TPSA) is 104 Å². The van der Waals surface area contributed by atoms with Crippen molar-refractivity contribution in [3.8, 4) is 28.2 Å². The number of aryl methyl sites for hydroxylation is 1. The molecule has 0 bridgehead atoms. The van der Waals surface area contributed by atoms with E-state index in [1.807, 2.05) is 0 Å². The van der Waals surface area contributed by atoms with Crippen LogP contribution in [0, 0.1) is 6.92 Å². The predicted octanol–water partition coefficient (Wildman–Crippen LogP) is 3.97. The van der Waals surface area contributed by atoms with Crippen LogP contribution in [0.2, 0.25) is 0 Å². The molecule has 0 saturated heterocycles. The second kappa shape index (κ2) is 7.84. The van der Waals surface area contributed by atoms with Gasteiger partial charge in [-0.2, -0.15) is 13.2 Å². The molecule has 4 aromatic rings. The number of hydrogen-bond donors (Lipinski definition) is 1. The molecule has 4 rings (SSSR count). The van der Waals surface area contributed by atoms with Crippen LogP contribution in [-0.2, 0) is 16.2 Å². The summed E-state index contributed by atoms with van der Waals surface area (Å²) in [4.78, 5) is 11.5. The van der Waals surface area contributed by atoms with Gasteiger partial charge in [-0.3, -0.25) is 4.57 Å². The first-order valence-electron chi connectivity index (χ1n) is 9.24. The highest BCUT2D eigenvalue weighted by Crippen LogP contribution is 2.38. The molecule has 0 atom stereocenters. The van der Waals surface area contributed by atoms with Gasteiger partial charge in [0.05, 0.1) is 16.2 Å². The Morgan fingerprint density at radius 2 is 1.66 bits per heavy atom. The molecule has 0 amide bonds. The summed E-state index contributed by atoms with van der Waals surface area (Å²) < 4.78 is 66.3. The van der Waals surface area contributed by atoms with E-state index in [0.29, 0.717) is 11.4 Å². The third-order valence-electron chi connectivity index (χ3n) is 4.70. The molecule has 7 nitrogen and oxygen atoms in total. The van der Waals surface area contributed by atoms with Crippen molar-refractivity contribution in [2.45, 2.75) is 18.0 Å². The van der Waals surface area contributed by atoms with Crippen molar-refractivity contribution in [3.05, 3.63) is 78.6 Å². The SMILES string of the molecule is Cc1nccn1-c1nc(C(F)(F)F)nc(-c2ccccc2)c1-c1cccc(S(N)(=O)=O)c1. The Balaban J connectivity index is 2.15. The van der Waals surface area contributed by atoms with E-state index in [1.165, 1.54) is 35.2 Å². The third kappa shape index (κ3) is 4.12. The van der Waals surface area contributed by atoms with Crippen molar-refractivity contribution in [1.29, 1.82) is 0 Å². The summed E-state index contributed by atoms with van der Waals surface area (Å²) in [5, 5.41) is 5.27. The lowest BCUT2D eigenvalue weighted by molar-refractivity contribution is -0.144. The molecule has 0 radical (unpaired) electrons. The number of rotatable bonds is 4. The van der Waals surface area contributed by atoms with Gasteiger partial charge in [-0.1, -0.05) is 42.5 Å². The van der Waals surface area contributed by atoms with Gasteiger partial charge in [-0.25, -0.2) is 28.5 Å². The number of halogens is 3. The summed E-state index contributed by atoms with van der Waals surface area (Å²) in [6.07, 6.45) is -1.91. The molecule has 11 heteroatoms. The molecule has 2 heterocycles. The van der Waals surface area contributed by atoms with Gasteiger partial charge in [0.25, 0.3) is 0 Å². The van der Waals surface area contributed by atoms with Crippen LogP contribution < -0.4 is 5.14 Å². The van der Waals surface area contributed by atoms with E-state index in [4.69, 9.17) is 5.14 Å². The average Bonchev–Trinajstić information content (AvgIpc) is 3.18. The number of alkyl halides is 3. The molecule has 0 unspecified atom stereocenters. The van der Waals surface area contributed by atoms with Crippen LogP contribution in [0.3, 0.4) is 0 Å². The van der Waals surface area contributed by atoms with Gasteiger partial charge < -0.3 is 0 Å². The Bertz CT molecular complexity index is 1400. The largest absolute Gasteiger partial charge is 0.451 e. The van der Waals surface area contributed by atoms with Gasteiger partial charge in [0.2, 0.25) is 15.8 Å². The van der Waals surface area contributed by atoms with Gasteiger partial charge >= 0.3 is 6.18 Å². The fourth-order valence-corrected chi connectivity index (χ4v) is 3.81. The summed E-state index contributed by atoms with van der Waals surface area (Å²) in [6.45, 7) is 1.61. The fourth-order valence-electron chi connectivity index (χ4n) is 3.25. The number of benzene rings is 2. The molecule has 32 heavy (non-hydrogen) atoms. The normalized spacial score (nSPS) is 12.2. The van der Waals surface area contributed by atoms with Gasteiger partial charge in [0, 0.05) is 18.0 Å². The highest BCUT2D eigenvalue weighted by molar-refractivity contribution is 7.89. The molecule has 2 N–H and O–H groups in total. The first-order chi connectivity index (χ1) is 15.1. The number of nitrogens with zero attached hydrogens (tertiary/aromatic N) is 4. The van der Waals surface area contributed by atoms with Gasteiger partial charge in [-0.05, 0) is 24.6 Å². The van der Waals surface area contributed by atoms with Crippen LogP contribution in [0.5, 0.6) is 0 Å². The second-order valence-corrected chi connectivity index (χ2v) is 8.44. The lowest BCUT2D eigenvalue weighted by Gasteiger charge is -2.18. The van der Waals surface area contributed by atoms with Gasteiger partial charge in [0.15, 0.2) is 5.82 Å². The summed E-state index contributed by atoms with van der Waals surface area (Å²) in [5.74, 6) is -1.03. The number of aromatic nitrogens is 4. The molecule has 0 saturated carbocycles. The van der Waals surface area contributed by atoms with E-state index in [1.54, 1.807) is 43.3 Å². The first-order valence-corrected chi connectivity index (χ1v) is 10.8. The van der Waals surface area contributed by atoms with Crippen molar-refractivity contribution >= 4 is 10.0 Å². The minimum Gasteiger partial charge on any atom is -0.287 e. The zero-order chi connectivity index (χ0) is 23.1. The lowest BCUT2D eigenvalue weighted by atomic mass is 9.99. The Morgan fingerprint density at radius 3 is 2.25 bits per heavy atom. The molecule has 0 spiro atoms. The fraction of sp³-hybridized carbons (Fsp3) is 0.0952. The molecule has 0 aliphatic rings. The van der Waals surface area contributed by atoms with Crippen molar-refractivity contribution in [1.82, 2.24) is 19.5 Å². The van der Waals surface area contributed by atoms with Crippen LogP contribution in [-0.4, -0.2) is 27.9 Å². The summed E-state index contributed by atoms with van der Waals surface area (Å²) >= 11 is 0. The van der Waals surface area contributed by atoms with Crippen molar-refractivity contribution in [2.24, 2.45) is 5.14 Å². The summed E-state index contributed by atoms with van der Waals surface area (Å²) in [5.41, 5.74) is 0.876. The lowest BCUT2D eigenvalue weighted by Crippen LogP contribution is -2.16. The van der Waals surface area contributed by atoms with Crippen LogP contribution in [0.15, 0.2) is 71.9 Å². The minimum absolute atomic E-state index is 0.0115. The molecule has 2 aromatic carbocycles. The molecule has 0 aliphatic carbocycles. The summed E-state index contributed by atoms with van der Waals surface area (Å²) in [6, 6.07) is 13.9. The van der Waals surface area contributed by atoms with Gasteiger partial charge in [0.1, 0.15) is 5.82 Å². The number of hydrogen-bond acceptors (Lipinski definition) is 5. The van der Waals surface area contributed by atoms with E-state index in [9.17, 15) is 21.6 Å². The third-order valence-corrected chi connectivity index (χ3v) is 5.61. The highest BCUT2D eigenvalue weighted by Gasteiger charge is 2.37. The highest BCUT2D eigenvalue weighted by atomic mass is 32.2. The molecular formula is C21H16F3N5O2S. The number of primary sulfonamides is 1. The second-order valence-electron chi connectivity index (χ2n) is 6.88. The van der Waals surface area contributed by atoms with E-state index in [2.05, 4.69) is 15.0 Å². The molecule has 0 fully saturated rings. The maximum Gasteiger partial charge on any atom is 0.451 e. The van der Waals surface area contributed by atoms with Crippen LogP contribution >= 0.6 is 0 Å².